The molecule has 0 saturated heterocycles. The first-order chi connectivity index (χ1) is 5.97. The van der Waals surface area contributed by atoms with Crippen LogP contribution < -0.4 is 5.73 Å². The minimum absolute atomic E-state index is 1.06. The zero-order valence-corrected chi connectivity index (χ0v) is 7.07. The summed E-state index contributed by atoms with van der Waals surface area (Å²) in [5.74, 6) is 0. The summed E-state index contributed by atoms with van der Waals surface area (Å²) in [6, 6.07) is 12.1. The van der Waals surface area contributed by atoms with Gasteiger partial charge in [-0.2, -0.15) is 0 Å². The summed E-state index contributed by atoms with van der Waals surface area (Å²) < 4.78 is 0. The van der Waals surface area contributed by atoms with Gasteiger partial charge in [-0.3, -0.25) is 4.98 Å². The van der Waals surface area contributed by atoms with Gasteiger partial charge in [0.15, 0.2) is 0 Å². The second-order valence-corrected chi connectivity index (χ2v) is 2.20. The molecular formula is C10H12N2. The second kappa shape index (κ2) is 4.46. The molecule has 2 heteroatoms. The standard InChI is InChI=1S/C9H7N.CH5N/c1-2-6-9-8(4-1)5-3-7-10-9;1-2/h1-7H;2H2,1H3. The van der Waals surface area contributed by atoms with Crippen LogP contribution in [0.1, 0.15) is 0 Å². The van der Waals surface area contributed by atoms with E-state index in [0.717, 1.165) is 5.52 Å². The van der Waals surface area contributed by atoms with Crippen LogP contribution in [-0.2, 0) is 0 Å². The fraction of sp³-hybridized carbons (Fsp3) is 0.100. The quantitative estimate of drug-likeness (QED) is 0.638. The summed E-state index contributed by atoms with van der Waals surface area (Å²) >= 11 is 0. The second-order valence-electron chi connectivity index (χ2n) is 2.20. The first kappa shape index (κ1) is 8.68. The molecule has 0 fully saturated rings. The number of rotatable bonds is 0. The van der Waals surface area contributed by atoms with Crippen LogP contribution in [-0.4, -0.2) is 12.0 Å². The normalized spacial score (nSPS) is 8.83. The van der Waals surface area contributed by atoms with Gasteiger partial charge in [0.2, 0.25) is 0 Å². The van der Waals surface area contributed by atoms with Gasteiger partial charge in [-0.15, -0.1) is 0 Å². The number of fused-ring (bicyclic) bond motifs is 1. The van der Waals surface area contributed by atoms with Gasteiger partial charge in [0.1, 0.15) is 0 Å². The van der Waals surface area contributed by atoms with Crippen molar-refractivity contribution < 1.29 is 0 Å². The Morgan fingerprint density at radius 1 is 1.00 bits per heavy atom. The molecule has 0 amide bonds. The van der Waals surface area contributed by atoms with Gasteiger partial charge in [0, 0.05) is 11.6 Å². The molecule has 0 aliphatic carbocycles. The summed E-state index contributed by atoms with van der Waals surface area (Å²) in [7, 11) is 1.50. The van der Waals surface area contributed by atoms with Crippen LogP contribution in [0.3, 0.4) is 0 Å². The summed E-state index contributed by atoms with van der Waals surface area (Å²) in [4.78, 5) is 4.18. The Balaban J connectivity index is 0.000000336. The van der Waals surface area contributed by atoms with E-state index in [1.54, 1.807) is 0 Å². The molecule has 62 valence electrons. The van der Waals surface area contributed by atoms with Gasteiger partial charge in [-0.25, -0.2) is 0 Å². The zero-order valence-electron chi connectivity index (χ0n) is 7.07. The fourth-order valence-electron chi connectivity index (χ4n) is 1.02. The molecular weight excluding hydrogens is 148 g/mol. The maximum atomic E-state index is 4.50. The minimum atomic E-state index is 1.06. The third kappa shape index (κ3) is 1.80. The van der Waals surface area contributed by atoms with Crippen molar-refractivity contribution in [3.05, 3.63) is 42.6 Å². The largest absolute Gasteiger partial charge is 0.333 e. The van der Waals surface area contributed by atoms with Crippen molar-refractivity contribution in [2.45, 2.75) is 0 Å². The molecule has 1 aromatic heterocycles. The van der Waals surface area contributed by atoms with Gasteiger partial charge in [-0.05, 0) is 19.2 Å². The molecule has 2 rings (SSSR count). The van der Waals surface area contributed by atoms with E-state index in [0.29, 0.717) is 0 Å². The number of nitrogens with two attached hydrogens (primary N) is 1. The van der Waals surface area contributed by atoms with Gasteiger partial charge in [-0.1, -0.05) is 24.3 Å². The Labute approximate surface area is 72.0 Å². The molecule has 12 heavy (non-hydrogen) atoms. The summed E-state index contributed by atoms with van der Waals surface area (Å²) in [6.45, 7) is 0. The van der Waals surface area contributed by atoms with Crippen molar-refractivity contribution in [3.63, 3.8) is 0 Å². The van der Waals surface area contributed by atoms with Gasteiger partial charge < -0.3 is 5.73 Å². The molecule has 2 aromatic rings. The van der Waals surface area contributed by atoms with Crippen molar-refractivity contribution in [1.82, 2.24) is 4.98 Å². The lowest BCUT2D eigenvalue weighted by Crippen LogP contribution is -1.73. The van der Waals surface area contributed by atoms with E-state index in [4.69, 9.17) is 0 Å². The number of hydrogen-bond acceptors (Lipinski definition) is 2. The van der Waals surface area contributed by atoms with E-state index < -0.39 is 0 Å². The third-order valence-corrected chi connectivity index (χ3v) is 1.51. The maximum Gasteiger partial charge on any atom is 0.0701 e. The van der Waals surface area contributed by atoms with E-state index in [2.05, 4.69) is 22.9 Å². The molecule has 0 atom stereocenters. The lowest BCUT2D eigenvalue weighted by molar-refractivity contribution is 1.41. The maximum absolute atomic E-state index is 4.50. The molecule has 0 aliphatic heterocycles. The van der Waals surface area contributed by atoms with Gasteiger partial charge >= 0.3 is 0 Å². The average Bonchev–Trinajstić information content (AvgIpc) is 2.21. The lowest BCUT2D eigenvalue weighted by Gasteiger charge is -1.91. The average molecular weight is 160 g/mol. The summed E-state index contributed by atoms with van der Waals surface area (Å²) in [5, 5.41) is 1.20. The molecule has 2 nitrogen and oxygen atoms in total. The monoisotopic (exact) mass is 160 g/mol. The van der Waals surface area contributed by atoms with Crippen molar-refractivity contribution in [2.75, 3.05) is 7.05 Å². The van der Waals surface area contributed by atoms with Crippen LogP contribution in [0.5, 0.6) is 0 Å². The van der Waals surface area contributed by atoms with Crippen molar-refractivity contribution in [1.29, 1.82) is 0 Å². The number of nitrogens with zero attached hydrogens (tertiary/aromatic N) is 1. The van der Waals surface area contributed by atoms with Crippen molar-refractivity contribution in [3.8, 4) is 0 Å². The Bertz CT molecular complexity index is 279. The van der Waals surface area contributed by atoms with Crippen LogP contribution in [0.2, 0.25) is 0 Å². The number of benzene rings is 1. The molecule has 0 radical (unpaired) electrons. The van der Waals surface area contributed by atoms with E-state index in [1.165, 1.54) is 12.4 Å². The number of para-hydroxylation sites is 1. The van der Waals surface area contributed by atoms with Crippen LogP contribution in [0, 0.1) is 0 Å². The predicted molar refractivity (Wildman–Crippen MR) is 51.9 cm³/mol. The topological polar surface area (TPSA) is 38.9 Å². The SMILES string of the molecule is CN.c1ccc2ncccc2c1. The van der Waals surface area contributed by atoms with E-state index in [-0.39, 0.29) is 0 Å². The fourth-order valence-corrected chi connectivity index (χ4v) is 1.02. The molecule has 0 aliphatic rings. The van der Waals surface area contributed by atoms with Crippen LogP contribution in [0.4, 0.5) is 0 Å². The molecule has 1 aromatic carbocycles. The molecule has 0 bridgehead atoms. The van der Waals surface area contributed by atoms with Gasteiger partial charge in [0.05, 0.1) is 5.52 Å². The minimum Gasteiger partial charge on any atom is -0.333 e. The van der Waals surface area contributed by atoms with E-state index >= 15 is 0 Å². The van der Waals surface area contributed by atoms with E-state index in [1.807, 2.05) is 30.5 Å². The highest BCUT2D eigenvalue weighted by Gasteiger charge is 1.86. The molecule has 2 N–H and O–H groups in total. The summed E-state index contributed by atoms with van der Waals surface area (Å²) in [5.41, 5.74) is 5.56. The highest BCUT2D eigenvalue weighted by atomic mass is 14.6. The number of pyridine rings is 1. The van der Waals surface area contributed by atoms with E-state index in [9.17, 15) is 0 Å². The molecule has 1 heterocycles. The molecule has 0 saturated carbocycles. The lowest BCUT2D eigenvalue weighted by atomic mass is 10.2. The highest BCUT2D eigenvalue weighted by Crippen LogP contribution is 2.07. The van der Waals surface area contributed by atoms with Crippen LogP contribution in [0.25, 0.3) is 10.9 Å². The Kier molecular flexibility index (Phi) is 3.23. The Morgan fingerprint density at radius 2 is 1.67 bits per heavy atom. The number of aromatic nitrogens is 1. The zero-order chi connectivity index (χ0) is 8.81. The van der Waals surface area contributed by atoms with Crippen LogP contribution >= 0.6 is 0 Å². The van der Waals surface area contributed by atoms with Crippen LogP contribution in [0.15, 0.2) is 42.6 Å². The smallest absolute Gasteiger partial charge is 0.0701 e. The Hall–Kier alpha value is -1.41. The summed E-state index contributed by atoms with van der Waals surface area (Å²) in [6.07, 6.45) is 1.81. The van der Waals surface area contributed by atoms with Crippen molar-refractivity contribution in [2.24, 2.45) is 5.73 Å². The predicted octanol–water partition coefficient (Wildman–Crippen LogP) is 1.81. The highest BCUT2D eigenvalue weighted by molar-refractivity contribution is 5.77. The first-order valence-electron chi connectivity index (χ1n) is 3.84. The molecule has 0 spiro atoms. The van der Waals surface area contributed by atoms with Crippen molar-refractivity contribution >= 4 is 10.9 Å². The Morgan fingerprint density at radius 3 is 2.42 bits per heavy atom. The molecule has 0 unspecified atom stereocenters. The first-order valence-corrected chi connectivity index (χ1v) is 3.84. The van der Waals surface area contributed by atoms with Gasteiger partial charge in [0.25, 0.3) is 0 Å². The number of hydrogen-bond donors (Lipinski definition) is 1. The third-order valence-electron chi connectivity index (χ3n) is 1.51.